The maximum atomic E-state index is 12.7. The van der Waals surface area contributed by atoms with Crippen LogP contribution in [0.3, 0.4) is 0 Å². The summed E-state index contributed by atoms with van der Waals surface area (Å²) in [5.74, 6) is 0.996. The van der Waals surface area contributed by atoms with E-state index in [4.69, 9.17) is 16.0 Å². The largest absolute Gasteiger partial charge is 0.465 e. The highest BCUT2D eigenvalue weighted by Gasteiger charge is 2.30. The van der Waals surface area contributed by atoms with Crippen molar-refractivity contribution in [3.63, 3.8) is 0 Å². The van der Waals surface area contributed by atoms with Crippen molar-refractivity contribution in [3.05, 3.63) is 47.2 Å². The number of aryl methyl sites for hydroxylation is 2. The SMILES string of the molecule is Cc1oc(C)c(S(=O)(=O)N(C)Cc2cccnc2)c1CCl. The molecule has 0 spiro atoms. The van der Waals surface area contributed by atoms with Gasteiger partial charge >= 0.3 is 0 Å². The van der Waals surface area contributed by atoms with E-state index >= 15 is 0 Å². The highest BCUT2D eigenvalue weighted by atomic mass is 35.5. The molecule has 0 N–H and O–H groups in total. The zero-order valence-electron chi connectivity index (χ0n) is 12.1. The summed E-state index contributed by atoms with van der Waals surface area (Å²) in [4.78, 5) is 4.15. The van der Waals surface area contributed by atoms with Crippen molar-refractivity contribution in [2.75, 3.05) is 7.05 Å². The van der Waals surface area contributed by atoms with Crippen LogP contribution in [0.4, 0.5) is 0 Å². The Morgan fingerprint density at radius 2 is 2.05 bits per heavy atom. The Hall–Kier alpha value is -1.37. The molecule has 0 bridgehead atoms. The summed E-state index contributed by atoms with van der Waals surface area (Å²) in [5.41, 5.74) is 1.33. The average Bonchev–Trinajstić information content (AvgIpc) is 2.74. The molecule has 0 aliphatic carbocycles. The predicted octanol–water partition coefficient (Wildman–Crippen LogP) is 2.85. The zero-order valence-corrected chi connectivity index (χ0v) is 13.7. The summed E-state index contributed by atoms with van der Waals surface area (Å²) < 4.78 is 32.2. The van der Waals surface area contributed by atoms with E-state index < -0.39 is 10.0 Å². The van der Waals surface area contributed by atoms with Crippen LogP contribution in [0.2, 0.25) is 0 Å². The minimum Gasteiger partial charge on any atom is -0.465 e. The van der Waals surface area contributed by atoms with Crippen molar-refractivity contribution in [3.8, 4) is 0 Å². The fraction of sp³-hybridized carbons (Fsp3) is 0.357. The van der Waals surface area contributed by atoms with Gasteiger partial charge in [0.2, 0.25) is 10.0 Å². The van der Waals surface area contributed by atoms with E-state index in [1.165, 1.54) is 11.4 Å². The van der Waals surface area contributed by atoms with Gasteiger partial charge in [-0.3, -0.25) is 4.98 Å². The van der Waals surface area contributed by atoms with Gasteiger partial charge in [0.25, 0.3) is 0 Å². The molecule has 0 radical (unpaired) electrons. The second-order valence-electron chi connectivity index (χ2n) is 4.78. The smallest absolute Gasteiger partial charge is 0.246 e. The molecule has 0 aliphatic rings. The molecule has 0 saturated heterocycles. The van der Waals surface area contributed by atoms with E-state index in [0.29, 0.717) is 17.1 Å². The molecule has 21 heavy (non-hydrogen) atoms. The van der Waals surface area contributed by atoms with Crippen LogP contribution >= 0.6 is 11.6 Å². The monoisotopic (exact) mass is 328 g/mol. The second kappa shape index (κ2) is 6.17. The third kappa shape index (κ3) is 3.12. The Morgan fingerprint density at radius 3 is 2.62 bits per heavy atom. The van der Waals surface area contributed by atoms with Crippen LogP contribution in [0.15, 0.2) is 33.8 Å². The second-order valence-corrected chi connectivity index (χ2v) is 7.03. The van der Waals surface area contributed by atoms with E-state index in [1.807, 2.05) is 6.07 Å². The molecular weight excluding hydrogens is 312 g/mol. The van der Waals surface area contributed by atoms with E-state index in [9.17, 15) is 8.42 Å². The van der Waals surface area contributed by atoms with Crippen LogP contribution in [0.25, 0.3) is 0 Å². The molecule has 0 unspecified atom stereocenters. The van der Waals surface area contributed by atoms with Gasteiger partial charge in [0.15, 0.2) is 0 Å². The molecule has 0 saturated carbocycles. The predicted molar refractivity (Wildman–Crippen MR) is 80.6 cm³/mol. The summed E-state index contributed by atoms with van der Waals surface area (Å²) in [6.07, 6.45) is 3.29. The molecule has 7 heteroatoms. The third-order valence-corrected chi connectivity index (χ3v) is 5.52. The maximum absolute atomic E-state index is 12.7. The fourth-order valence-electron chi connectivity index (χ4n) is 2.19. The molecule has 0 aromatic carbocycles. The third-order valence-electron chi connectivity index (χ3n) is 3.25. The van der Waals surface area contributed by atoms with Gasteiger partial charge in [-0.05, 0) is 25.5 Å². The highest BCUT2D eigenvalue weighted by Crippen LogP contribution is 2.30. The first-order chi connectivity index (χ1) is 9.87. The normalized spacial score (nSPS) is 12.0. The molecule has 0 aliphatic heterocycles. The van der Waals surface area contributed by atoms with Gasteiger partial charge in [-0.1, -0.05) is 6.07 Å². The first-order valence-corrected chi connectivity index (χ1v) is 8.35. The number of rotatable bonds is 5. The van der Waals surface area contributed by atoms with Gasteiger partial charge in [0.1, 0.15) is 16.4 Å². The average molecular weight is 329 g/mol. The van der Waals surface area contributed by atoms with E-state index in [2.05, 4.69) is 4.98 Å². The van der Waals surface area contributed by atoms with Crippen molar-refractivity contribution in [1.82, 2.24) is 9.29 Å². The lowest BCUT2D eigenvalue weighted by atomic mass is 10.3. The topological polar surface area (TPSA) is 63.4 Å². The van der Waals surface area contributed by atoms with Gasteiger partial charge in [-0.2, -0.15) is 4.31 Å². The van der Waals surface area contributed by atoms with Crippen molar-refractivity contribution >= 4 is 21.6 Å². The molecule has 2 aromatic heterocycles. The van der Waals surface area contributed by atoms with Gasteiger partial charge < -0.3 is 4.42 Å². The molecule has 2 aromatic rings. The Labute approximate surface area is 129 Å². The first kappa shape index (κ1) is 16.0. The van der Waals surface area contributed by atoms with Crippen molar-refractivity contribution < 1.29 is 12.8 Å². The number of hydrogen-bond donors (Lipinski definition) is 0. The molecule has 0 fully saturated rings. The number of pyridine rings is 1. The van der Waals surface area contributed by atoms with E-state index in [0.717, 1.165) is 5.56 Å². The lowest BCUT2D eigenvalue weighted by Gasteiger charge is -2.17. The van der Waals surface area contributed by atoms with Crippen LogP contribution in [0.5, 0.6) is 0 Å². The van der Waals surface area contributed by atoms with Gasteiger partial charge in [0.05, 0.1) is 5.88 Å². The summed E-state index contributed by atoms with van der Waals surface area (Å²) in [7, 11) is -2.13. The lowest BCUT2D eigenvalue weighted by Crippen LogP contribution is -2.27. The van der Waals surface area contributed by atoms with E-state index in [-0.39, 0.29) is 17.3 Å². The van der Waals surface area contributed by atoms with Gasteiger partial charge in [-0.15, -0.1) is 11.6 Å². The van der Waals surface area contributed by atoms with Crippen LogP contribution in [0, 0.1) is 13.8 Å². The number of furan rings is 1. The highest BCUT2D eigenvalue weighted by molar-refractivity contribution is 7.89. The molecule has 5 nitrogen and oxygen atoms in total. The maximum Gasteiger partial charge on any atom is 0.246 e. The zero-order chi connectivity index (χ0) is 15.6. The van der Waals surface area contributed by atoms with Crippen molar-refractivity contribution in [2.24, 2.45) is 0 Å². The van der Waals surface area contributed by atoms with Crippen LogP contribution in [0.1, 0.15) is 22.6 Å². The Balaban J connectivity index is 2.38. The van der Waals surface area contributed by atoms with Gasteiger partial charge in [-0.25, -0.2) is 8.42 Å². The number of nitrogens with zero attached hydrogens (tertiary/aromatic N) is 2. The Morgan fingerprint density at radius 1 is 1.33 bits per heavy atom. The minimum absolute atomic E-state index is 0.0957. The Kier molecular flexibility index (Phi) is 4.70. The number of halogens is 1. The number of hydrogen-bond acceptors (Lipinski definition) is 4. The summed E-state index contributed by atoms with van der Waals surface area (Å²) in [5, 5.41) is 0. The number of alkyl halides is 1. The van der Waals surface area contributed by atoms with Crippen LogP contribution in [-0.4, -0.2) is 24.8 Å². The van der Waals surface area contributed by atoms with Crippen LogP contribution < -0.4 is 0 Å². The van der Waals surface area contributed by atoms with E-state index in [1.54, 1.807) is 32.3 Å². The number of aromatic nitrogens is 1. The van der Waals surface area contributed by atoms with Gasteiger partial charge in [0, 0.05) is 31.5 Å². The summed E-state index contributed by atoms with van der Waals surface area (Å²) in [6, 6.07) is 3.60. The molecular formula is C14H17ClN2O3S. The standard InChI is InChI=1S/C14H17ClN2O3S/c1-10-13(7-15)14(11(2)20-10)21(18,19)17(3)9-12-5-4-6-16-8-12/h4-6,8H,7,9H2,1-3H3. The van der Waals surface area contributed by atoms with Crippen LogP contribution in [-0.2, 0) is 22.4 Å². The summed E-state index contributed by atoms with van der Waals surface area (Å²) in [6.45, 7) is 3.58. The molecule has 114 valence electrons. The number of sulfonamides is 1. The Bertz CT molecular complexity index is 726. The summed E-state index contributed by atoms with van der Waals surface area (Å²) >= 11 is 5.87. The molecule has 2 heterocycles. The first-order valence-electron chi connectivity index (χ1n) is 6.38. The van der Waals surface area contributed by atoms with Crippen molar-refractivity contribution in [2.45, 2.75) is 31.2 Å². The minimum atomic E-state index is -3.66. The molecule has 0 amide bonds. The lowest BCUT2D eigenvalue weighted by molar-refractivity contribution is 0.459. The van der Waals surface area contributed by atoms with Crippen molar-refractivity contribution in [1.29, 1.82) is 0 Å². The quantitative estimate of drug-likeness (QED) is 0.792. The fourth-order valence-corrected chi connectivity index (χ4v) is 4.16. The molecule has 0 atom stereocenters. The molecule has 2 rings (SSSR count).